The second kappa shape index (κ2) is 9.87. The number of hydrogen-bond acceptors (Lipinski definition) is 6. The molecular formula is C27H32FN5O2. The third-order valence-corrected chi connectivity index (χ3v) is 7.23. The van der Waals surface area contributed by atoms with Gasteiger partial charge in [-0.25, -0.2) is 13.9 Å². The van der Waals surface area contributed by atoms with Gasteiger partial charge < -0.3 is 14.4 Å². The maximum absolute atomic E-state index is 14.2. The number of benzene rings is 1. The quantitative estimate of drug-likeness (QED) is 0.358. The lowest BCUT2D eigenvalue weighted by Crippen LogP contribution is -2.21. The number of hydrogen-bond donors (Lipinski definition) is 0. The van der Waals surface area contributed by atoms with E-state index in [0.29, 0.717) is 23.5 Å². The molecule has 1 aliphatic carbocycles. The average molecular weight is 478 g/mol. The highest BCUT2D eigenvalue weighted by atomic mass is 19.1. The fraction of sp³-hybridized carbons (Fsp3) is 0.444. The van der Waals surface area contributed by atoms with Crippen LogP contribution in [0.15, 0.2) is 43.0 Å². The van der Waals surface area contributed by atoms with Crippen LogP contribution in [0.1, 0.15) is 37.7 Å². The van der Waals surface area contributed by atoms with Crippen molar-refractivity contribution < 1.29 is 13.9 Å². The van der Waals surface area contributed by atoms with Gasteiger partial charge in [-0.3, -0.25) is 4.98 Å². The SMILES string of the molecule is COc1cc2c(-c3cnn4cc(C(C)C5CCC(OCCN(C)C)C5)cnc34)ccnc2cc1F. The van der Waals surface area contributed by atoms with Crippen molar-refractivity contribution >= 4 is 16.6 Å². The molecule has 5 rings (SSSR count). The molecule has 0 N–H and O–H groups in total. The first-order chi connectivity index (χ1) is 16.9. The third kappa shape index (κ3) is 4.73. The summed E-state index contributed by atoms with van der Waals surface area (Å²) in [6, 6.07) is 4.99. The molecule has 1 aromatic carbocycles. The standard InChI is InChI=1S/C27H32FN5O2/c1-17(18-5-6-20(11-18)35-10-9-32(2)3)19-14-30-27-23(15-31-33(27)16-19)21-7-8-29-25-13-24(28)26(34-4)12-22(21)25/h7-8,12-18,20H,5-6,9-11H2,1-4H3. The van der Waals surface area contributed by atoms with Gasteiger partial charge in [0.2, 0.25) is 0 Å². The molecule has 0 saturated heterocycles. The second-order valence-electron chi connectivity index (χ2n) is 9.73. The zero-order chi connectivity index (χ0) is 24.5. The van der Waals surface area contributed by atoms with Gasteiger partial charge in [-0.1, -0.05) is 6.92 Å². The summed E-state index contributed by atoms with van der Waals surface area (Å²) in [6.45, 7) is 4.01. The molecule has 1 saturated carbocycles. The van der Waals surface area contributed by atoms with Crippen LogP contribution in [-0.4, -0.2) is 64.9 Å². The molecule has 184 valence electrons. The Morgan fingerprint density at radius 3 is 2.83 bits per heavy atom. The number of ether oxygens (including phenoxy) is 2. The lowest BCUT2D eigenvalue weighted by molar-refractivity contribution is 0.0458. The molecule has 1 fully saturated rings. The monoisotopic (exact) mass is 477 g/mol. The molecule has 0 radical (unpaired) electrons. The first-order valence-corrected chi connectivity index (χ1v) is 12.2. The maximum Gasteiger partial charge on any atom is 0.167 e. The van der Waals surface area contributed by atoms with Crippen LogP contribution in [0.4, 0.5) is 4.39 Å². The zero-order valence-electron chi connectivity index (χ0n) is 20.7. The molecule has 3 unspecified atom stereocenters. The van der Waals surface area contributed by atoms with Crippen molar-refractivity contribution in [3.63, 3.8) is 0 Å². The zero-order valence-corrected chi connectivity index (χ0v) is 20.7. The van der Waals surface area contributed by atoms with Crippen LogP contribution >= 0.6 is 0 Å². The van der Waals surface area contributed by atoms with Crippen LogP contribution in [-0.2, 0) is 4.74 Å². The minimum atomic E-state index is -0.432. The van der Waals surface area contributed by atoms with Gasteiger partial charge in [0.15, 0.2) is 17.2 Å². The Bertz CT molecular complexity index is 1340. The predicted molar refractivity (Wildman–Crippen MR) is 134 cm³/mol. The minimum absolute atomic E-state index is 0.188. The van der Waals surface area contributed by atoms with E-state index in [4.69, 9.17) is 14.5 Å². The predicted octanol–water partition coefficient (Wildman–Crippen LogP) is 4.94. The van der Waals surface area contributed by atoms with E-state index in [0.717, 1.165) is 54.6 Å². The summed E-state index contributed by atoms with van der Waals surface area (Å²) in [7, 11) is 5.60. The van der Waals surface area contributed by atoms with Crippen molar-refractivity contribution in [2.24, 2.45) is 5.92 Å². The number of halogens is 1. The summed E-state index contributed by atoms with van der Waals surface area (Å²) < 4.78 is 27.3. The van der Waals surface area contributed by atoms with Crippen LogP contribution in [0.25, 0.3) is 27.7 Å². The largest absolute Gasteiger partial charge is 0.494 e. The summed E-state index contributed by atoms with van der Waals surface area (Å²) in [6.07, 6.45) is 11.2. The maximum atomic E-state index is 14.2. The first-order valence-electron chi connectivity index (χ1n) is 12.2. The highest BCUT2D eigenvalue weighted by Crippen LogP contribution is 2.39. The number of nitrogens with zero attached hydrogens (tertiary/aromatic N) is 5. The number of aromatic nitrogens is 4. The summed E-state index contributed by atoms with van der Waals surface area (Å²) in [5.41, 5.74) is 4.27. The van der Waals surface area contributed by atoms with Crippen molar-refractivity contribution in [2.75, 3.05) is 34.4 Å². The minimum Gasteiger partial charge on any atom is -0.494 e. The van der Waals surface area contributed by atoms with Crippen molar-refractivity contribution in [1.82, 2.24) is 24.5 Å². The van der Waals surface area contributed by atoms with Crippen molar-refractivity contribution in [3.05, 3.63) is 54.4 Å². The summed E-state index contributed by atoms with van der Waals surface area (Å²) in [5, 5.41) is 5.40. The van der Waals surface area contributed by atoms with E-state index in [1.807, 2.05) is 23.0 Å². The highest BCUT2D eigenvalue weighted by molar-refractivity contribution is 5.98. The highest BCUT2D eigenvalue weighted by Gasteiger charge is 2.30. The number of pyridine rings is 1. The van der Waals surface area contributed by atoms with Crippen molar-refractivity contribution in [2.45, 2.75) is 38.2 Å². The van der Waals surface area contributed by atoms with Crippen LogP contribution < -0.4 is 4.74 Å². The average Bonchev–Trinajstić information content (AvgIpc) is 3.49. The molecule has 3 heterocycles. The Balaban J connectivity index is 1.39. The molecule has 0 bridgehead atoms. The molecule has 0 aliphatic heterocycles. The summed E-state index contributed by atoms with van der Waals surface area (Å²) in [4.78, 5) is 11.3. The molecule has 3 atom stereocenters. The Morgan fingerprint density at radius 2 is 2.03 bits per heavy atom. The smallest absolute Gasteiger partial charge is 0.167 e. The molecule has 0 spiro atoms. The normalized spacial score (nSPS) is 19.1. The van der Waals surface area contributed by atoms with Crippen LogP contribution in [0, 0.1) is 11.7 Å². The topological polar surface area (TPSA) is 64.8 Å². The van der Waals surface area contributed by atoms with Crippen LogP contribution in [0.5, 0.6) is 5.75 Å². The number of methoxy groups -OCH3 is 1. The number of fused-ring (bicyclic) bond motifs is 2. The molecule has 4 aromatic rings. The molecule has 7 nitrogen and oxygen atoms in total. The molecule has 1 aliphatic rings. The summed E-state index contributed by atoms with van der Waals surface area (Å²) >= 11 is 0. The van der Waals surface area contributed by atoms with Gasteiger partial charge in [0.25, 0.3) is 0 Å². The molecule has 0 amide bonds. The van der Waals surface area contributed by atoms with E-state index in [1.54, 1.807) is 12.3 Å². The van der Waals surface area contributed by atoms with E-state index in [9.17, 15) is 4.39 Å². The Labute approximate surface area is 204 Å². The van der Waals surface area contributed by atoms with Gasteiger partial charge in [0.05, 0.1) is 31.5 Å². The lowest BCUT2D eigenvalue weighted by Gasteiger charge is -2.20. The van der Waals surface area contributed by atoms with E-state index in [2.05, 4.69) is 42.2 Å². The molecular weight excluding hydrogens is 445 g/mol. The van der Waals surface area contributed by atoms with Crippen LogP contribution in [0.3, 0.4) is 0 Å². The van der Waals surface area contributed by atoms with Gasteiger partial charge in [-0.05, 0) is 68.5 Å². The Hall–Kier alpha value is -3.10. The van der Waals surface area contributed by atoms with E-state index in [-0.39, 0.29) is 5.75 Å². The third-order valence-electron chi connectivity index (χ3n) is 7.23. The van der Waals surface area contributed by atoms with Gasteiger partial charge in [0.1, 0.15) is 0 Å². The lowest BCUT2D eigenvalue weighted by atomic mass is 9.88. The number of rotatable bonds is 8. The van der Waals surface area contributed by atoms with Crippen molar-refractivity contribution in [1.29, 1.82) is 0 Å². The molecule has 35 heavy (non-hydrogen) atoms. The fourth-order valence-corrected chi connectivity index (χ4v) is 5.11. The Kier molecular flexibility index (Phi) is 6.67. The van der Waals surface area contributed by atoms with Crippen molar-refractivity contribution in [3.8, 4) is 16.9 Å². The van der Waals surface area contributed by atoms with E-state index < -0.39 is 5.82 Å². The van der Waals surface area contributed by atoms with E-state index in [1.165, 1.54) is 18.7 Å². The van der Waals surface area contributed by atoms with Gasteiger partial charge >= 0.3 is 0 Å². The molecule has 8 heteroatoms. The van der Waals surface area contributed by atoms with Gasteiger partial charge in [0, 0.05) is 42.2 Å². The fourth-order valence-electron chi connectivity index (χ4n) is 5.11. The first kappa shape index (κ1) is 23.6. The summed E-state index contributed by atoms with van der Waals surface area (Å²) in [5.74, 6) is 0.697. The second-order valence-corrected chi connectivity index (χ2v) is 9.73. The molecule has 3 aromatic heterocycles. The van der Waals surface area contributed by atoms with Gasteiger partial charge in [-0.15, -0.1) is 0 Å². The van der Waals surface area contributed by atoms with E-state index >= 15 is 0 Å². The van der Waals surface area contributed by atoms with Gasteiger partial charge in [-0.2, -0.15) is 5.10 Å². The van der Waals surface area contributed by atoms with Crippen LogP contribution in [0.2, 0.25) is 0 Å². The Morgan fingerprint density at radius 1 is 1.17 bits per heavy atom. The number of likely N-dealkylation sites (N-methyl/N-ethyl adjacent to an activating group) is 1.